The zero-order valence-electron chi connectivity index (χ0n) is 20.8. The van der Waals surface area contributed by atoms with Crippen molar-refractivity contribution < 1.29 is 22.4 Å². The lowest BCUT2D eigenvalue weighted by Crippen LogP contribution is -2.52. The predicted molar refractivity (Wildman–Crippen MR) is 135 cm³/mol. The molecule has 35 heavy (non-hydrogen) atoms. The number of nitrogens with one attached hydrogen (secondary N) is 1. The quantitative estimate of drug-likeness (QED) is 0.566. The van der Waals surface area contributed by atoms with E-state index in [2.05, 4.69) is 5.32 Å². The average molecular weight is 504 g/mol. The van der Waals surface area contributed by atoms with Crippen LogP contribution in [-0.2, 0) is 26.2 Å². The number of carbonyl (C=O) groups excluding carboxylic acids is 2. The van der Waals surface area contributed by atoms with Crippen LogP contribution in [0, 0.1) is 19.7 Å². The van der Waals surface area contributed by atoms with E-state index in [0.717, 1.165) is 41.8 Å². The molecule has 0 bridgehead atoms. The van der Waals surface area contributed by atoms with Crippen LogP contribution in [0.25, 0.3) is 0 Å². The van der Waals surface area contributed by atoms with Crippen molar-refractivity contribution >= 4 is 27.5 Å². The van der Waals surface area contributed by atoms with Crippen LogP contribution >= 0.6 is 0 Å². The van der Waals surface area contributed by atoms with Crippen LogP contribution in [0.1, 0.15) is 49.3 Å². The molecule has 190 valence electrons. The van der Waals surface area contributed by atoms with Gasteiger partial charge < -0.3 is 10.2 Å². The number of amides is 2. The van der Waals surface area contributed by atoms with E-state index in [-0.39, 0.29) is 24.1 Å². The number of aryl methyl sites for hydroxylation is 2. The van der Waals surface area contributed by atoms with Crippen LogP contribution in [0.2, 0.25) is 0 Å². The molecule has 1 aliphatic rings. The molecule has 1 atom stereocenters. The van der Waals surface area contributed by atoms with Crippen molar-refractivity contribution in [3.05, 3.63) is 65.0 Å². The first-order chi connectivity index (χ1) is 16.5. The molecule has 2 aromatic carbocycles. The summed E-state index contributed by atoms with van der Waals surface area (Å²) < 4.78 is 41.0. The Bertz CT molecular complexity index is 1180. The van der Waals surface area contributed by atoms with E-state index < -0.39 is 34.3 Å². The number of nitrogens with zero attached hydrogens (tertiary/aromatic N) is 2. The van der Waals surface area contributed by atoms with Crippen molar-refractivity contribution in [3.63, 3.8) is 0 Å². The molecule has 0 heterocycles. The summed E-state index contributed by atoms with van der Waals surface area (Å²) in [5.41, 5.74) is 2.19. The van der Waals surface area contributed by atoms with Gasteiger partial charge in [0.15, 0.2) is 0 Å². The molecule has 1 N–H and O–H groups in total. The minimum Gasteiger partial charge on any atom is -0.352 e. The summed E-state index contributed by atoms with van der Waals surface area (Å²) in [4.78, 5) is 27.9. The summed E-state index contributed by atoms with van der Waals surface area (Å²) in [7, 11) is -3.82. The molecule has 7 nitrogen and oxygen atoms in total. The molecule has 9 heteroatoms. The summed E-state index contributed by atoms with van der Waals surface area (Å²) in [6, 6.07) is 10.6. The van der Waals surface area contributed by atoms with Gasteiger partial charge in [0.2, 0.25) is 21.8 Å². The molecule has 0 aromatic heterocycles. The number of halogens is 1. The number of anilines is 1. The van der Waals surface area contributed by atoms with Gasteiger partial charge in [-0.3, -0.25) is 13.9 Å². The van der Waals surface area contributed by atoms with Crippen LogP contribution < -0.4 is 9.62 Å². The third-order valence-corrected chi connectivity index (χ3v) is 7.61. The highest BCUT2D eigenvalue weighted by Gasteiger charge is 2.32. The highest BCUT2D eigenvalue weighted by atomic mass is 32.2. The van der Waals surface area contributed by atoms with Gasteiger partial charge in [0, 0.05) is 18.2 Å². The van der Waals surface area contributed by atoms with Gasteiger partial charge >= 0.3 is 0 Å². The first-order valence-corrected chi connectivity index (χ1v) is 13.7. The second kappa shape index (κ2) is 11.2. The minimum absolute atomic E-state index is 0.0535. The number of benzene rings is 2. The van der Waals surface area contributed by atoms with E-state index in [9.17, 15) is 22.4 Å². The number of sulfonamides is 1. The van der Waals surface area contributed by atoms with Gasteiger partial charge in [-0.15, -0.1) is 0 Å². The molecule has 1 fully saturated rings. The molecule has 3 rings (SSSR count). The molecule has 1 aliphatic carbocycles. The van der Waals surface area contributed by atoms with Crippen molar-refractivity contribution in [2.75, 3.05) is 17.1 Å². The van der Waals surface area contributed by atoms with E-state index in [4.69, 9.17) is 0 Å². The van der Waals surface area contributed by atoms with Crippen LogP contribution in [0.5, 0.6) is 0 Å². The van der Waals surface area contributed by atoms with E-state index in [0.29, 0.717) is 11.3 Å². The smallest absolute Gasteiger partial charge is 0.244 e. The molecule has 1 unspecified atom stereocenters. The third kappa shape index (κ3) is 6.81. The van der Waals surface area contributed by atoms with Gasteiger partial charge in [-0.1, -0.05) is 43.2 Å². The fraction of sp³-hybridized carbons (Fsp3) is 0.462. The number of hydrogen-bond acceptors (Lipinski definition) is 4. The van der Waals surface area contributed by atoms with E-state index in [1.54, 1.807) is 44.2 Å². The fourth-order valence-corrected chi connectivity index (χ4v) is 5.27. The largest absolute Gasteiger partial charge is 0.352 e. The van der Waals surface area contributed by atoms with Gasteiger partial charge in [0.1, 0.15) is 18.4 Å². The van der Waals surface area contributed by atoms with Gasteiger partial charge in [-0.05, 0) is 56.9 Å². The SMILES string of the molecule is Cc1ccc(C)c(N(CC(=O)N(Cc2ccccc2F)C(C)C(=O)NC2CCCC2)S(C)(=O)=O)c1. The highest BCUT2D eigenvalue weighted by Crippen LogP contribution is 2.25. The second-order valence-electron chi connectivity index (χ2n) is 9.34. The van der Waals surface area contributed by atoms with Crippen LogP contribution in [0.15, 0.2) is 42.5 Å². The summed E-state index contributed by atoms with van der Waals surface area (Å²) in [6.45, 7) is 4.54. The fourth-order valence-electron chi connectivity index (χ4n) is 4.37. The van der Waals surface area contributed by atoms with E-state index >= 15 is 0 Å². The van der Waals surface area contributed by atoms with Gasteiger partial charge in [0.25, 0.3) is 0 Å². The Labute approximate surface area is 207 Å². The molecular weight excluding hydrogens is 469 g/mol. The van der Waals surface area contributed by atoms with Crippen molar-refractivity contribution in [1.82, 2.24) is 10.2 Å². The molecule has 0 spiro atoms. The van der Waals surface area contributed by atoms with Crippen molar-refractivity contribution in [2.24, 2.45) is 0 Å². The standard InChI is InChI=1S/C26H34FN3O4S/c1-18-13-14-19(2)24(15-18)30(35(4,33)34)17-25(31)29(16-21-9-5-8-12-23(21)27)20(3)26(32)28-22-10-6-7-11-22/h5,8-9,12-15,20,22H,6-7,10-11,16-17H2,1-4H3,(H,28,32). The zero-order valence-corrected chi connectivity index (χ0v) is 21.6. The second-order valence-corrected chi connectivity index (χ2v) is 11.2. The van der Waals surface area contributed by atoms with Crippen LogP contribution in [-0.4, -0.2) is 50.0 Å². The summed E-state index contributed by atoms with van der Waals surface area (Å²) in [5, 5.41) is 2.99. The number of hydrogen-bond donors (Lipinski definition) is 1. The van der Waals surface area contributed by atoms with Gasteiger partial charge in [-0.25, -0.2) is 12.8 Å². The highest BCUT2D eigenvalue weighted by molar-refractivity contribution is 7.92. The number of carbonyl (C=O) groups is 2. The summed E-state index contributed by atoms with van der Waals surface area (Å²) >= 11 is 0. The average Bonchev–Trinajstić information content (AvgIpc) is 3.30. The van der Waals surface area contributed by atoms with Crippen molar-refractivity contribution in [2.45, 2.75) is 65.1 Å². The normalized spacial score (nSPS) is 15.0. The van der Waals surface area contributed by atoms with Crippen molar-refractivity contribution in [3.8, 4) is 0 Å². The molecule has 0 radical (unpaired) electrons. The summed E-state index contributed by atoms with van der Waals surface area (Å²) in [6.07, 6.45) is 4.88. The van der Waals surface area contributed by atoms with Crippen LogP contribution in [0.4, 0.5) is 10.1 Å². The Morgan fingerprint density at radius 1 is 1.11 bits per heavy atom. The van der Waals surface area contributed by atoms with Crippen LogP contribution in [0.3, 0.4) is 0 Å². The Kier molecular flexibility index (Phi) is 8.53. The minimum atomic E-state index is -3.82. The molecule has 2 aromatic rings. The van der Waals surface area contributed by atoms with E-state index in [1.165, 1.54) is 11.0 Å². The van der Waals surface area contributed by atoms with Gasteiger partial charge in [-0.2, -0.15) is 0 Å². The molecule has 2 amide bonds. The first kappa shape index (κ1) is 26.7. The Balaban J connectivity index is 1.92. The maximum Gasteiger partial charge on any atom is 0.244 e. The monoisotopic (exact) mass is 503 g/mol. The Morgan fingerprint density at radius 3 is 2.40 bits per heavy atom. The maximum atomic E-state index is 14.5. The Morgan fingerprint density at radius 2 is 1.77 bits per heavy atom. The maximum absolute atomic E-state index is 14.5. The summed E-state index contributed by atoms with van der Waals surface area (Å²) in [5.74, 6) is -1.42. The molecule has 0 saturated heterocycles. The first-order valence-electron chi connectivity index (χ1n) is 11.9. The molecule has 0 aliphatic heterocycles. The lowest BCUT2D eigenvalue weighted by atomic mass is 10.1. The predicted octanol–water partition coefficient (Wildman–Crippen LogP) is 3.68. The lowest BCUT2D eigenvalue weighted by Gasteiger charge is -2.32. The van der Waals surface area contributed by atoms with Gasteiger partial charge in [0.05, 0.1) is 11.9 Å². The molecule has 1 saturated carbocycles. The van der Waals surface area contributed by atoms with Crippen molar-refractivity contribution in [1.29, 1.82) is 0 Å². The third-order valence-electron chi connectivity index (χ3n) is 6.48. The Hall–Kier alpha value is -2.94. The molecular formula is C26H34FN3O4S. The zero-order chi connectivity index (χ0) is 25.8. The number of rotatable bonds is 9. The topological polar surface area (TPSA) is 86.8 Å². The lowest BCUT2D eigenvalue weighted by molar-refractivity contribution is -0.139. The van der Waals surface area contributed by atoms with E-state index in [1.807, 2.05) is 13.0 Å².